The molecule has 0 saturated carbocycles. The Morgan fingerprint density at radius 3 is 1.55 bits per heavy atom. The average Bonchev–Trinajstić information content (AvgIpc) is 2.85. The van der Waals surface area contributed by atoms with E-state index >= 15 is 0 Å². The van der Waals surface area contributed by atoms with Crippen LogP contribution >= 0.6 is 69.7 Å². The quantitative estimate of drug-likeness (QED) is 0.547. The molecule has 0 saturated heterocycles. The van der Waals surface area contributed by atoms with Crippen molar-refractivity contribution >= 4 is 69.7 Å². The summed E-state index contributed by atoms with van der Waals surface area (Å²) in [7, 11) is 0. The van der Waals surface area contributed by atoms with Gasteiger partial charge in [0.2, 0.25) is 0 Å². The molecular formula is C14H14S6. The zero-order valence-electron chi connectivity index (χ0n) is 10.8. The predicted octanol–water partition coefficient (Wildman–Crippen LogP) is 6.65. The lowest BCUT2D eigenvalue weighted by atomic mass is 10.4. The largest absolute Gasteiger partial charge is 0.140 e. The zero-order chi connectivity index (χ0) is 13.4. The second-order valence-electron chi connectivity index (χ2n) is 4.62. The number of fused-ring (bicyclic) bond motifs is 2. The first-order chi connectivity index (χ1) is 9.93. The van der Waals surface area contributed by atoms with E-state index in [2.05, 4.69) is 57.8 Å². The van der Waals surface area contributed by atoms with Gasteiger partial charge in [0.1, 0.15) is 0 Å². The molecule has 0 unspecified atom stereocenters. The van der Waals surface area contributed by atoms with Gasteiger partial charge in [0.25, 0.3) is 0 Å². The summed E-state index contributed by atoms with van der Waals surface area (Å²) in [6, 6.07) is 0. The van der Waals surface area contributed by atoms with Crippen molar-refractivity contribution in [1.82, 2.24) is 0 Å². The van der Waals surface area contributed by atoms with E-state index in [-0.39, 0.29) is 0 Å². The van der Waals surface area contributed by atoms with Crippen molar-refractivity contribution in [2.75, 3.05) is 23.0 Å². The lowest BCUT2D eigenvalue weighted by Crippen LogP contribution is -1.80. The second-order valence-corrected chi connectivity index (χ2v) is 10.9. The van der Waals surface area contributed by atoms with E-state index in [0.717, 1.165) is 0 Å². The van der Waals surface area contributed by atoms with Crippen LogP contribution in [0.25, 0.3) is 9.75 Å². The summed E-state index contributed by atoms with van der Waals surface area (Å²) < 4.78 is 0. The van der Waals surface area contributed by atoms with Crippen LogP contribution in [0.4, 0.5) is 0 Å². The Hall–Kier alpha value is 0.800. The predicted molar refractivity (Wildman–Crippen MR) is 99.8 cm³/mol. The second kappa shape index (κ2) is 6.50. The first-order valence-electron chi connectivity index (χ1n) is 6.68. The van der Waals surface area contributed by atoms with Crippen LogP contribution in [-0.2, 0) is 0 Å². The summed E-state index contributed by atoms with van der Waals surface area (Å²) in [5.74, 6) is 5.12. The molecular weight excluding hydrogens is 361 g/mol. The monoisotopic (exact) mass is 374 g/mol. The van der Waals surface area contributed by atoms with E-state index < -0.39 is 0 Å². The van der Waals surface area contributed by atoms with Crippen molar-refractivity contribution in [1.29, 1.82) is 0 Å². The van der Waals surface area contributed by atoms with Gasteiger partial charge in [-0.3, -0.25) is 0 Å². The minimum Gasteiger partial charge on any atom is -0.140 e. The van der Waals surface area contributed by atoms with Crippen LogP contribution < -0.4 is 0 Å². The van der Waals surface area contributed by atoms with Gasteiger partial charge in [-0.05, 0) is 35.9 Å². The molecule has 0 bridgehead atoms. The van der Waals surface area contributed by atoms with Gasteiger partial charge >= 0.3 is 0 Å². The standard InChI is InChI=1S/C14H14S6/c1-3-15-9-7-19-13(11(9)17-5-1)14-12-10(8-20-14)16-4-2-6-18-12/h7-8H,1-6H2. The molecule has 6 heteroatoms. The van der Waals surface area contributed by atoms with E-state index in [4.69, 9.17) is 0 Å². The molecule has 2 aromatic heterocycles. The summed E-state index contributed by atoms with van der Waals surface area (Å²) in [5, 5.41) is 4.77. The highest BCUT2D eigenvalue weighted by molar-refractivity contribution is 8.03. The van der Waals surface area contributed by atoms with Gasteiger partial charge in [0.15, 0.2) is 0 Å². The van der Waals surface area contributed by atoms with Crippen molar-refractivity contribution in [3.05, 3.63) is 10.8 Å². The first kappa shape index (κ1) is 14.4. The topological polar surface area (TPSA) is 0 Å². The van der Waals surface area contributed by atoms with Crippen LogP contribution in [0.3, 0.4) is 0 Å². The molecule has 2 aliphatic rings. The number of hydrogen-bond donors (Lipinski definition) is 0. The third kappa shape index (κ3) is 2.72. The van der Waals surface area contributed by atoms with Gasteiger partial charge in [-0.15, -0.1) is 69.7 Å². The normalized spacial score (nSPS) is 19.0. The maximum absolute atomic E-state index is 2.38. The third-order valence-corrected chi connectivity index (χ3v) is 10.8. The van der Waals surface area contributed by atoms with Crippen LogP contribution in [0, 0.1) is 0 Å². The highest BCUT2D eigenvalue weighted by Crippen LogP contribution is 2.52. The lowest BCUT2D eigenvalue weighted by Gasteiger charge is -2.05. The molecule has 0 aromatic carbocycles. The molecule has 0 radical (unpaired) electrons. The highest BCUT2D eigenvalue weighted by Gasteiger charge is 2.23. The first-order valence-corrected chi connectivity index (χ1v) is 12.4. The van der Waals surface area contributed by atoms with Crippen LogP contribution in [0.1, 0.15) is 12.8 Å². The smallest absolute Gasteiger partial charge is 0.0601 e. The maximum atomic E-state index is 2.38. The minimum atomic E-state index is 1.28. The Morgan fingerprint density at radius 1 is 0.600 bits per heavy atom. The van der Waals surface area contributed by atoms with Gasteiger partial charge in [-0.1, -0.05) is 0 Å². The van der Waals surface area contributed by atoms with Crippen molar-refractivity contribution < 1.29 is 0 Å². The molecule has 2 aliphatic heterocycles. The van der Waals surface area contributed by atoms with Gasteiger partial charge in [0, 0.05) is 30.3 Å². The van der Waals surface area contributed by atoms with E-state index in [1.807, 2.05) is 22.7 Å². The molecule has 0 aliphatic carbocycles. The van der Waals surface area contributed by atoms with E-state index in [0.29, 0.717) is 0 Å². The fraction of sp³-hybridized carbons (Fsp3) is 0.429. The Balaban J connectivity index is 1.78. The highest BCUT2D eigenvalue weighted by atomic mass is 32.2. The Bertz CT molecular complexity index is 557. The summed E-state index contributed by atoms with van der Waals surface area (Å²) in [6.07, 6.45) is 2.67. The molecule has 4 rings (SSSR count). The Kier molecular flexibility index (Phi) is 4.68. The van der Waals surface area contributed by atoms with Crippen molar-refractivity contribution in [3.63, 3.8) is 0 Å². The molecule has 0 fully saturated rings. The number of rotatable bonds is 1. The lowest BCUT2D eigenvalue weighted by molar-refractivity contribution is 1.13. The molecule has 106 valence electrons. The van der Waals surface area contributed by atoms with E-state index in [1.54, 1.807) is 19.5 Å². The summed E-state index contributed by atoms with van der Waals surface area (Å²) >= 11 is 12.2. The fourth-order valence-electron chi connectivity index (χ4n) is 2.28. The third-order valence-electron chi connectivity index (χ3n) is 3.22. The zero-order valence-corrected chi connectivity index (χ0v) is 15.7. The number of thioether (sulfide) groups is 4. The van der Waals surface area contributed by atoms with Gasteiger partial charge in [-0.2, -0.15) is 0 Å². The molecule has 0 atom stereocenters. The van der Waals surface area contributed by atoms with Crippen molar-refractivity contribution in [3.8, 4) is 9.75 Å². The minimum absolute atomic E-state index is 1.28. The van der Waals surface area contributed by atoms with E-state index in [1.165, 1.54) is 45.6 Å². The molecule has 2 aromatic rings. The number of thiophene rings is 2. The average molecular weight is 375 g/mol. The van der Waals surface area contributed by atoms with Crippen molar-refractivity contribution in [2.45, 2.75) is 32.4 Å². The molecule has 4 heterocycles. The summed E-state index contributed by atoms with van der Waals surface area (Å²) in [4.78, 5) is 9.28. The molecule has 20 heavy (non-hydrogen) atoms. The molecule has 0 nitrogen and oxygen atoms in total. The fourth-order valence-corrected chi connectivity index (χ4v) is 10.4. The summed E-state index contributed by atoms with van der Waals surface area (Å²) in [6.45, 7) is 0. The van der Waals surface area contributed by atoms with Crippen molar-refractivity contribution in [2.24, 2.45) is 0 Å². The Labute approximate surface area is 144 Å². The molecule has 0 spiro atoms. The van der Waals surface area contributed by atoms with Crippen LogP contribution in [0.2, 0.25) is 0 Å². The molecule has 0 amide bonds. The van der Waals surface area contributed by atoms with Crippen LogP contribution in [0.5, 0.6) is 0 Å². The van der Waals surface area contributed by atoms with Gasteiger partial charge < -0.3 is 0 Å². The van der Waals surface area contributed by atoms with Crippen LogP contribution in [0.15, 0.2) is 30.3 Å². The van der Waals surface area contributed by atoms with Gasteiger partial charge in [0.05, 0.1) is 9.75 Å². The number of hydrogen-bond acceptors (Lipinski definition) is 6. The Morgan fingerprint density at radius 2 is 1.05 bits per heavy atom. The van der Waals surface area contributed by atoms with E-state index in [9.17, 15) is 0 Å². The summed E-state index contributed by atoms with van der Waals surface area (Å²) in [5.41, 5.74) is 0. The van der Waals surface area contributed by atoms with Crippen LogP contribution in [-0.4, -0.2) is 23.0 Å². The molecule has 0 N–H and O–H groups in total. The van der Waals surface area contributed by atoms with Gasteiger partial charge in [-0.25, -0.2) is 0 Å². The maximum Gasteiger partial charge on any atom is 0.0601 e. The SMILES string of the molecule is c1sc(-c2scc3c2SCCCS3)c2c1SCCCS2.